The first kappa shape index (κ1) is 13.2. The van der Waals surface area contributed by atoms with Crippen LogP contribution in [0.5, 0.6) is 0 Å². The lowest BCUT2D eigenvalue weighted by atomic mass is 10.2. The van der Waals surface area contributed by atoms with Crippen LogP contribution >= 0.6 is 15.9 Å². The molecule has 1 aromatic carbocycles. The van der Waals surface area contributed by atoms with Gasteiger partial charge in [-0.1, -0.05) is 35.0 Å². The van der Waals surface area contributed by atoms with Gasteiger partial charge in [-0.2, -0.15) is 0 Å². The largest absolute Gasteiger partial charge is 0.309 e. The van der Waals surface area contributed by atoms with Gasteiger partial charge in [0.25, 0.3) is 0 Å². The fourth-order valence-corrected chi connectivity index (χ4v) is 2.26. The summed E-state index contributed by atoms with van der Waals surface area (Å²) in [5.74, 6) is 0. The van der Waals surface area contributed by atoms with Crippen LogP contribution in [0.2, 0.25) is 0 Å². The van der Waals surface area contributed by atoms with Crippen LogP contribution in [0.1, 0.15) is 25.1 Å². The van der Waals surface area contributed by atoms with Crippen LogP contribution in [-0.2, 0) is 6.54 Å². The Morgan fingerprint density at radius 3 is 2.78 bits per heavy atom. The highest BCUT2D eigenvalue weighted by molar-refractivity contribution is 9.10. The number of aromatic nitrogens is 3. The summed E-state index contributed by atoms with van der Waals surface area (Å²) < 4.78 is 2.85. The number of benzene rings is 1. The third-order valence-corrected chi connectivity index (χ3v) is 2.98. The van der Waals surface area contributed by atoms with Gasteiger partial charge in [-0.15, -0.1) is 5.10 Å². The Balaban J connectivity index is 2.18. The third kappa shape index (κ3) is 3.40. The summed E-state index contributed by atoms with van der Waals surface area (Å²) in [7, 11) is 0. The van der Waals surface area contributed by atoms with Crippen LogP contribution in [0.3, 0.4) is 0 Å². The molecule has 0 atom stereocenters. The van der Waals surface area contributed by atoms with Crippen molar-refractivity contribution >= 4 is 15.9 Å². The standard InChI is InChI=1S/C13H17BrN4/c1-9(2)15-7-12-8-18(17-16-12)13-5-10(3)4-11(14)6-13/h4-6,8-9,15H,7H2,1-3H3. The Hall–Kier alpha value is -1.20. The van der Waals surface area contributed by atoms with E-state index in [0.717, 1.165) is 22.4 Å². The lowest BCUT2D eigenvalue weighted by Crippen LogP contribution is -2.21. The highest BCUT2D eigenvalue weighted by Gasteiger charge is 2.04. The molecule has 0 unspecified atom stereocenters. The molecule has 1 heterocycles. The predicted molar refractivity (Wildman–Crippen MR) is 75.8 cm³/mol. The second kappa shape index (κ2) is 5.63. The summed E-state index contributed by atoms with van der Waals surface area (Å²) in [6, 6.07) is 6.63. The van der Waals surface area contributed by atoms with Crippen LogP contribution in [0.25, 0.3) is 5.69 Å². The van der Waals surface area contributed by atoms with Gasteiger partial charge >= 0.3 is 0 Å². The van der Waals surface area contributed by atoms with E-state index >= 15 is 0 Å². The predicted octanol–water partition coefficient (Wildman–Crippen LogP) is 2.84. The van der Waals surface area contributed by atoms with E-state index in [9.17, 15) is 0 Å². The molecule has 5 heteroatoms. The van der Waals surface area contributed by atoms with Crippen molar-refractivity contribution in [1.29, 1.82) is 0 Å². The van der Waals surface area contributed by atoms with E-state index in [-0.39, 0.29) is 0 Å². The molecule has 2 rings (SSSR count). The normalized spacial score (nSPS) is 11.2. The van der Waals surface area contributed by atoms with Crippen LogP contribution in [0.4, 0.5) is 0 Å². The summed E-state index contributed by atoms with van der Waals surface area (Å²) in [5.41, 5.74) is 3.16. The summed E-state index contributed by atoms with van der Waals surface area (Å²) in [4.78, 5) is 0. The molecule has 0 aliphatic carbocycles. The van der Waals surface area contributed by atoms with Gasteiger partial charge in [0.2, 0.25) is 0 Å². The minimum absolute atomic E-state index is 0.447. The molecule has 1 aromatic heterocycles. The van der Waals surface area contributed by atoms with E-state index in [1.807, 2.05) is 12.3 Å². The second-order valence-electron chi connectivity index (χ2n) is 4.68. The average Bonchev–Trinajstić information content (AvgIpc) is 2.73. The molecule has 0 amide bonds. The highest BCUT2D eigenvalue weighted by atomic mass is 79.9. The van der Waals surface area contributed by atoms with Crippen LogP contribution < -0.4 is 5.32 Å². The zero-order valence-corrected chi connectivity index (χ0v) is 12.4. The zero-order chi connectivity index (χ0) is 13.1. The van der Waals surface area contributed by atoms with E-state index in [4.69, 9.17) is 0 Å². The van der Waals surface area contributed by atoms with Gasteiger partial charge in [0.1, 0.15) is 0 Å². The molecule has 0 saturated heterocycles. The van der Waals surface area contributed by atoms with Crippen molar-refractivity contribution < 1.29 is 0 Å². The minimum atomic E-state index is 0.447. The molecule has 1 N–H and O–H groups in total. The van der Waals surface area contributed by atoms with Crippen molar-refractivity contribution in [2.45, 2.75) is 33.4 Å². The van der Waals surface area contributed by atoms with Crippen molar-refractivity contribution in [3.63, 3.8) is 0 Å². The van der Waals surface area contributed by atoms with Crippen molar-refractivity contribution in [3.8, 4) is 5.69 Å². The van der Waals surface area contributed by atoms with Gasteiger partial charge < -0.3 is 5.32 Å². The lowest BCUT2D eigenvalue weighted by molar-refractivity contribution is 0.580. The lowest BCUT2D eigenvalue weighted by Gasteiger charge is -2.04. The van der Waals surface area contributed by atoms with E-state index in [2.05, 4.69) is 64.5 Å². The SMILES string of the molecule is Cc1cc(Br)cc(-n2cc(CNC(C)C)nn2)c1. The monoisotopic (exact) mass is 308 g/mol. The van der Waals surface area contributed by atoms with Gasteiger partial charge in [0.15, 0.2) is 0 Å². The van der Waals surface area contributed by atoms with Gasteiger partial charge in [0.05, 0.1) is 17.6 Å². The summed E-state index contributed by atoms with van der Waals surface area (Å²) >= 11 is 3.49. The molecular formula is C13H17BrN4. The Labute approximate surface area is 116 Å². The molecular weight excluding hydrogens is 292 g/mol. The van der Waals surface area contributed by atoms with E-state index in [1.54, 1.807) is 4.68 Å². The second-order valence-corrected chi connectivity index (χ2v) is 5.59. The molecule has 4 nitrogen and oxygen atoms in total. The fraction of sp³-hybridized carbons (Fsp3) is 0.385. The summed E-state index contributed by atoms with van der Waals surface area (Å²) in [6.45, 7) is 7.03. The van der Waals surface area contributed by atoms with Gasteiger partial charge in [-0.05, 0) is 30.7 Å². The number of rotatable bonds is 4. The van der Waals surface area contributed by atoms with Gasteiger partial charge in [0, 0.05) is 17.1 Å². The van der Waals surface area contributed by atoms with Crippen LogP contribution in [0.15, 0.2) is 28.9 Å². The number of nitrogens with one attached hydrogen (secondary N) is 1. The number of halogens is 1. The van der Waals surface area contributed by atoms with Crippen molar-refractivity contribution in [2.75, 3.05) is 0 Å². The highest BCUT2D eigenvalue weighted by Crippen LogP contribution is 2.17. The van der Waals surface area contributed by atoms with Crippen molar-refractivity contribution in [2.24, 2.45) is 0 Å². The first-order valence-electron chi connectivity index (χ1n) is 5.97. The zero-order valence-electron chi connectivity index (χ0n) is 10.8. The maximum Gasteiger partial charge on any atom is 0.0969 e. The Morgan fingerprint density at radius 1 is 1.33 bits per heavy atom. The van der Waals surface area contributed by atoms with Crippen LogP contribution in [0, 0.1) is 6.92 Å². The quantitative estimate of drug-likeness (QED) is 0.944. The first-order valence-corrected chi connectivity index (χ1v) is 6.76. The average molecular weight is 309 g/mol. The van der Waals surface area contributed by atoms with E-state index < -0.39 is 0 Å². The minimum Gasteiger partial charge on any atom is -0.309 e. The topological polar surface area (TPSA) is 42.7 Å². The molecule has 0 saturated carbocycles. The number of aryl methyl sites for hydroxylation is 1. The Morgan fingerprint density at radius 2 is 2.11 bits per heavy atom. The molecule has 18 heavy (non-hydrogen) atoms. The molecule has 0 radical (unpaired) electrons. The smallest absolute Gasteiger partial charge is 0.0969 e. The van der Waals surface area contributed by atoms with Crippen molar-refractivity contribution in [1.82, 2.24) is 20.3 Å². The number of nitrogens with zero attached hydrogens (tertiary/aromatic N) is 3. The molecule has 2 aromatic rings. The molecule has 96 valence electrons. The van der Waals surface area contributed by atoms with E-state index in [0.29, 0.717) is 6.04 Å². The van der Waals surface area contributed by atoms with Crippen molar-refractivity contribution in [3.05, 3.63) is 40.1 Å². The third-order valence-electron chi connectivity index (χ3n) is 2.52. The molecule has 0 spiro atoms. The fourth-order valence-electron chi connectivity index (χ4n) is 1.66. The Kier molecular flexibility index (Phi) is 4.14. The maximum atomic E-state index is 4.16. The van der Waals surface area contributed by atoms with Gasteiger partial charge in [-0.3, -0.25) is 0 Å². The molecule has 0 bridgehead atoms. The maximum absolute atomic E-state index is 4.16. The number of hydrogen-bond acceptors (Lipinski definition) is 3. The molecule has 0 aliphatic rings. The first-order chi connectivity index (χ1) is 8.54. The number of hydrogen-bond donors (Lipinski definition) is 1. The summed E-state index contributed by atoms with van der Waals surface area (Å²) in [5, 5.41) is 11.6. The molecule has 0 aliphatic heterocycles. The van der Waals surface area contributed by atoms with Crippen LogP contribution in [-0.4, -0.2) is 21.0 Å². The Bertz CT molecular complexity index is 513. The van der Waals surface area contributed by atoms with E-state index in [1.165, 1.54) is 5.56 Å². The molecule has 0 fully saturated rings. The van der Waals surface area contributed by atoms with Gasteiger partial charge in [-0.25, -0.2) is 4.68 Å². The summed E-state index contributed by atoms with van der Waals surface area (Å²) in [6.07, 6.45) is 1.95.